The largest absolute Gasteiger partial charge is 0.244 e. The lowest BCUT2D eigenvalue weighted by molar-refractivity contribution is 0.639. The van der Waals surface area contributed by atoms with Crippen LogP contribution < -0.4 is 0 Å². The van der Waals surface area contributed by atoms with Crippen LogP contribution in [-0.2, 0) is 0 Å². The molecule has 0 bridgehead atoms. The molecule has 0 spiro atoms. The van der Waals surface area contributed by atoms with E-state index in [1.165, 1.54) is 12.3 Å². The minimum atomic E-state index is -0.259. The Balaban J connectivity index is 2.92. The average molecular weight is 196 g/mol. The molecular weight excluding hydrogens is 189 g/mol. The third kappa shape index (κ3) is 1.38. The first-order valence-electron chi connectivity index (χ1n) is 3.89. The average Bonchev–Trinajstić information content (AvgIpc) is 2.12. The van der Waals surface area contributed by atoms with Crippen molar-refractivity contribution in [2.75, 3.05) is 0 Å². The maximum Gasteiger partial charge on any atom is 0.132 e. The summed E-state index contributed by atoms with van der Waals surface area (Å²) in [4.78, 5) is 3.83. The maximum atomic E-state index is 13.2. The Morgan fingerprint density at radius 2 is 2.08 bits per heavy atom. The zero-order valence-electron chi connectivity index (χ0n) is 7.01. The van der Waals surface area contributed by atoms with Crippen molar-refractivity contribution in [3.05, 3.63) is 40.9 Å². The molecule has 0 aliphatic carbocycles. The Hall–Kier alpha value is -1.15. The number of aryl methyl sites for hydroxylation is 1. The first kappa shape index (κ1) is 8.45. The van der Waals surface area contributed by atoms with E-state index in [4.69, 9.17) is 11.6 Å². The van der Waals surface area contributed by atoms with E-state index in [9.17, 15) is 4.39 Å². The van der Waals surface area contributed by atoms with Crippen LogP contribution in [0.25, 0.3) is 10.8 Å². The Morgan fingerprint density at radius 1 is 1.31 bits per heavy atom. The molecule has 3 heteroatoms. The Kier molecular flexibility index (Phi) is 1.93. The van der Waals surface area contributed by atoms with Gasteiger partial charge in [0.1, 0.15) is 11.0 Å². The molecule has 1 aromatic carbocycles. The molecule has 0 radical (unpaired) electrons. The fourth-order valence-corrected chi connectivity index (χ4v) is 1.48. The van der Waals surface area contributed by atoms with Crippen molar-refractivity contribution in [2.45, 2.75) is 6.92 Å². The van der Waals surface area contributed by atoms with Crippen LogP contribution in [0, 0.1) is 12.7 Å². The number of rotatable bonds is 0. The normalized spacial score (nSPS) is 10.7. The highest BCUT2D eigenvalue weighted by Gasteiger charge is 2.03. The van der Waals surface area contributed by atoms with Crippen molar-refractivity contribution in [1.29, 1.82) is 0 Å². The lowest BCUT2D eigenvalue weighted by atomic mass is 10.1. The van der Waals surface area contributed by atoms with Crippen LogP contribution in [0.4, 0.5) is 4.39 Å². The van der Waals surface area contributed by atoms with Gasteiger partial charge in [-0.15, -0.1) is 0 Å². The van der Waals surface area contributed by atoms with Gasteiger partial charge >= 0.3 is 0 Å². The molecular formula is C10H7ClFN. The lowest BCUT2D eigenvalue weighted by Gasteiger charge is -2.02. The summed E-state index contributed by atoms with van der Waals surface area (Å²) in [5.74, 6) is -0.259. The van der Waals surface area contributed by atoms with Crippen LogP contribution in [0.2, 0.25) is 5.15 Å². The molecule has 66 valence electrons. The number of fused-ring (bicyclic) bond motifs is 1. The first-order valence-corrected chi connectivity index (χ1v) is 4.26. The van der Waals surface area contributed by atoms with E-state index in [0.29, 0.717) is 10.5 Å². The van der Waals surface area contributed by atoms with Crippen molar-refractivity contribution in [3.63, 3.8) is 0 Å². The SMILES string of the molecule is Cc1ccc(F)c2cnc(Cl)cc12. The van der Waals surface area contributed by atoms with Gasteiger partial charge in [0.15, 0.2) is 0 Å². The molecule has 0 saturated heterocycles. The Morgan fingerprint density at radius 3 is 2.85 bits per heavy atom. The van der Waals surface area contributed by atoms with Gasteiger partial charge in [-0.05, 0) is 30.0 Å². The number of nitrogens with zero attached hydrogens (tertiary/aromatic N) is 1. The summed E-state index contributed by atoms with van der Waals surface area (Å²) in [6.45, 7) is 1.91. The van der Waals surface area contributed by atoms with Gasteiger partial charge in [-0.2, -0.15) is 0 Å². The summed E-state index contributed by atoms with van der Waals surface area (Å²) in [6, 6.07) is 4.84. The van der Waals surface area contributed by atoms with Gasteiger partial charge in [0.05, 0.1) is 0 Å². The van der Waals surface area contributed by atoms with Gasteiger partial charge in [-0.3, -0.25) is 0 Å². The van der Waals surface area contributed by atoms with Gasteiger partial charge in [-0.1, -0.05) is 17.7 Å². The molecule has 0 aliphatic heterocycles. The third-order valence-corrected chi connectivity index (χ3v) is 2.24. The minimum Gasteiger partial charge on any atom is -0.244 e. The number of hydrogen-bond donors (Lipinski definition) is 0. The second kappa shape index (κ2) is 2.96. The Labute approximate surface area is 80.2 Å². The molecule has 1 nitrogen and oxygen atoms in total. The quantitative estimate of drug-likeness (QED) is 0.588. The number of halogens is 2. The molecule has 2 aromatic rings. The van der Waals surface area contributed by atoms with Crippen molar-refractivity contribution in [3.8, 4) is 0 Å². The summed E-state index contributed by atoms with van der Waals surface area (Å²) in [6.07, 6.45) is 1.46. The number of hydrogen-bond acceptors (Lipinski definition) is 1. The molecule has 0 unspecified atom stereocenters. The van der Waals surface area contributed by atoms with E-state index in [1.807, 2.05) is 6.92 Å². The standard InChI is InChI=1S/C10H7ClFN/c1-6-2-3-9(12)8-5-13-10(11)4-7(6)8/h2-5H,1H3. The molecule has 0 amide bonds. The van der Waals surface area contributed by atoms with Gasteiger partial charge < -0.3 is 0 Å². The van der Waals surface area contributed by atoms with Crippen LogP contribution in [0.5, 0.6) is 0 Å². The minimum absolute atomic E-state index is 0.259. The van der Waals surface area contributed by atoms with E-state index < -0.39 is 0 Å². The van der Waals surface area contributed by atoms with E-state index in [1.54, 1.807) is 12.1 Å². The molecule has 1 heterocycles. The molecule has 0 aliphatic rings. The van der Waals surface area contributed by atoms with Crippen molar-refractivity contribution in [2.24, 2.45) is 0 Å². The molecule has 0 saturated carbocycles. The monoisotopic (exact) mass is 195 g/mol. The van der Waals surface area contributed by atoms with E-state index in [2.05, 4.69) is 4.98 Å². The molecule has 2 rings (SSSR count). The van der Waals surface area contributed by atoms with Gasteiger partial charge in [0, 0.05) is 11.6 Å². The highest BCUT2D eigenvalue weighted by molar-refractivity contribution is 6.30. The van der Waals surface area contributed by atoms with E-state index >= 15 is 0 Å². The fourth-order valence-electron chi connectivity index (χ4n) is 1.32. The highest BCUT2D eigenvalue weighted by atomic mass is 35.5. The molecule has 0 atom stereocenters. The van der Waals surface area contributed by atoms with Crippen molar-refractivity contribution < 1.29 is 4.39 Å². The van der Waals surface area contributed by atoms with Gasteiger partial charge in [0.25, 0.3) is 0 Å². The fraction of sp³-hybridized carbons (Fsp3) is 0.100. The van der Waals surface area contributed by atoms with Crippen LogP contribution in [0.15, 0.2) is 24.4 Å². The van der Waals surface area contributed by atoms with Crippen molar-refractivity contribution >= 4 is 22.4 Å². The van der Waals surface area contributed by atoms with Gasteiger partial charge in [-0.25, -0.2) is 9.37 Å². The summed E-state index contributed by atoms with van der Waals surface area (Å²) in [5.41, 5.74) is 1.00. The molecule has 1 aromatic heterocycles. The van der Waals surface area contributed by atoms with E-state index in [0.717, 1.165) is 10.9 Å². The zero-order valence-corrected chi connectivity index (χ0v) is 7.77. The van der Waals surface area contributed by atoms with Crippen molar-refractivity contribution in [1.82, 2.24) is 4.98 Å². The molecule has 0 N–H and O–H groups in total. The first-order chi connectivity index (χ1) is 6.18. The summed E-state index contributed by atoms with van der Waals surface area (Å²) < 4.78 is 13.2. The predicted molar refractivity (Wildman–Crippen MR) is 51.4 cm³/mol. The van der Waals surface area contributed by atoms with Crippen LogP contribution >= 0.6 is 11.6 Å². The second-order valence-corrected chi connectivity index (χ2v) is 3.30. The number of aromatic nitrogens is 1. The third-order valence-electron chi connectivity index (χ3n) is 2.03. The summed E-state index contributed by atoms with van der Waals surface area (Å²) in [5, 5.41) is 1.73. The highest BCUT2D eigenvalue weighted by Crippen LogP contribution is 2.22. The Bertz CT molecular complexity index is 468. The molecule has 13 heavy (non-hydrogen) atoms. The van der Waals surface area contributed by atoms with Crippen LogP contribution in [0.1, 0.15) is 5.56 Å². The number of pyridine rings is 1. The smallest absolute Gasteiger partial charge is 0.132 e. The summed E-state index contributed by atoms with van der Waals surface area (Å²) >= 11 is 5.71. The van der Waals surface area contributed by atoms with Crippen LogP contribution in [0.3, 0.4) is 0 Å². The maximum absolute atomic E-state index is 13.2. The predicted octanol–water partition coefficient (Wildman–Crippen LogP) is 3.34. The summed E-state index contributed by atoms with van der Waals surface area (Å²) in [7, 11) is 0. The topological polar surface area (TPSA) is 12.9 Å². The van der Waals surface area contributed by atoms with Crippen LogP contribution in [-0.4, -0.2) is 4.98 Å². The lowest BCUT2D eigenvalue weighted by Crippen LogP contribution is -1.85. The number of benzene rings is 1. The second-order valence-electron chi connectivity index (χ2n) is 2.92. The molecule has 0 fully saturated rings. The van der Waals surface area contributed by atoms with Gasteiger partial charge in [0.2, 0.25) is 0 Å². The van der Waals surface area contributed by atoms with E-state index in [-0.39, 0.29) is 5.82 Å². The zero-order chi connectivity index (χ0) is 9.42.